The largest absolute Gasteiger partial charge is 0.383 e. The van der Waals surface area contributed by atoms with E-state index in [-0.39, 0.29) is 0 Å². The fourth-order valence-corrected chi connectivity index (χ4v) is 2.49. The average Bonchev–Trinajstić information content (AvgIpc) is 2.86. The van der Waals surface area contributed by atoms with Gasteiger partial charge in [0.2, 0.25) is 0 Å². The average molecular weight is 252 g/mol. The predicted molar refractivity (Wildman–Crippen MR) is 69.4 cm³/mol. The first kappa shape index (κ1) is 12.1. The van der Waals surface area contributed by atoms with Gasteiger partial charge in [-0.2, -0.15) is 5.10 Å². The Bertz CT molecular complexity index is 491. The van der Waals surface area contributed by atoms with Gasteiger partial charge in [0.15, 0.2) is 5.13 Å². The second kappa shape index (κ2) is 5.29. The number of nitrogens with zero attached hydrogens (tertiary/aromatic N) is 3. The molecule has 0 saturated heterocycles. The Morgan fingerprint density at radius 1 is 1.53 bits per heavy atom. The van der Waals surface area contributed by atoms with Crippen LogP contribution in [0.4, 0.5) is 5.13 Å². The molecule has 92 valence electrons. The van der Waals surface area contributed by atoms with Crippen LogP contribution >= 0.6 is 11.3 Å². The van der Waals surface area contributed by atoms with Crippen molar-refractivity contribution in [2.24, 2.45) is 7.05 Å². The summed E-state index contributed by atoms with van der Waals surface area (Å²) in [6.45, 7) is 3.46. The molecule has 2 aromatic rings. The van der Waals surface area contributed by atoms with E-state index in [9.17, 15) is 0 Å². The highest BCUT2D eigenvalue weighted by Crippen LogP contribution is 2.30. The van der Waals surface area contributed by atoms with Crippen LogP contribution in [0.2, 0.25) is 0 Å². The van der Waals surface area contributed by atoms with E-state index in [1.54, 1.807) is 18.4 Å². The Balaban J connectivity index is 2.10. The topological polar surface area (TPSA) is 52.0 Å². The fourth-order valence-electron chi connectivity index (χ4n) is 1.58. The second-order valence-corrected chi connectivity index (χ2v) is 4.78. The Kier molecular flexibility index (Phi) is 3.75. The summed E-state index contributed by atoms with van der Waals surface area (Å²) in [6.07, 6.45) is 3.89. The molecule has 0 aliphatic rings. The highest BCUT2D eigenvalue weighted by Gasteiger charge is 2.09. The van der Waals surface area contributed by atoms with E-state index in [0.717, 1.165) is 27.8 Å². The normalized spacial score (nSPS) is 10.8. The third kappa shape index (κ3) is 2.83. The lowest BCUT2D eigenvalue weighted by Crippen LogP contribution is -2.06. The zero-order valence-electron chi connectivity index (χ0n) is 10.2. The van der Waals surface area contributed by atoms with Crippen molar-refractivity contribution in [1.29, 1.82) is 0 Å². The number of ether oxygens (including phenoxy) is 1. The first-order valence-electron chi connectivity index (χ1n) is 5.40. The van der Waals surface area contributed by atoms with E-state index >= 15 is 0 Å². The standard InChI is InChI=1S/C11H16N4OS/c1-8-9(7-15(2)14-8)10-6-13-11(17-10)12-4-5-16-3/h6-7H,4-5H2,1-3H3,(H,12,13). The van der Waals surface area contributed by atoms with Crippen LogP contribution in [0, 0.1) is 6.92 Å². The molecular weight excluding hydrogens is 236 g/mol. The van der Waals surface area contributed by atoms with Gasteiger partial charge in [0.1, 0.15) is 0 Å². The fraction of sp³-hybridized carbons (Fsp3) is 0.455. The van der Waals surface area contributed by atoms with Crippen molar-refractivity contribution >= 4 is 16.5 Å². The molecule has 17 heavy (non-hydrogen) atoms. The first-order chi connectivity index (χ1) is 8.20. The maximum atomic E-state index is 4.98. The molecule has 2 heterocycles. The van der Waals surface area contributed by atoms with Crippen molar-refractivity contribution in [3.8, 4) is 10.4 Å². The zero-order valence-corrected chi connectivity index (χ0v) is 11.0. The van der Waals surface area contributed by atoms with Crippen LogP contribution in [0.1, 0.15) is 5.69 Å². The zero-order chi connectivity index (χ0) is 12.3. The number of anilines is 1. The quantitative estimate of drug-likeness (QED) is 0.826. The van der Waals surface area contributed by atoms with Crippen molar-refractivity contribution in [3.63, 3.8) is 0 Å². The van der Waals surface area contributed by atoms with Crippen LogP contribution in [-0.2, 0) is 11.8 Å². The lowest BCUT2D eigenvalue weighted by atomic mass is 10.2. The number of hydrogen-bond donors (Lipinski definition) is 1. The van der Waals surface area contributed by atoms with Gasteiger partial charge in [0.05, 0.1) is 17.2 Å². The maximum Gasteiger partial charge on any atom is 0.183 e. The van der Waals surface area contributed by atoms with Gasteiger partial charge in [0.25, 0.3) is 0 Å². The Hall–Kier alpha value is -1.40. The van der Waals surface area contributed by atoms with E-state index < -0.39 is 0 Å². The number of aromatic nitrogens is 3. The van der Waals surface area contributed by atoms with Crippen LogP contribution in [-0.4, -0.2) is 35.0 Å². The van der Waals surface area contributed by atoms with Crippen molar-refractivity contribution < 1.29 is 4.74 Å². The Morgan fingerprint density at radius 2 is 2.35 bits per heavy atom. The van der Waals surface area contributed by atoms with Crippen LogP contribution in [0.3, 0.4) is 0 Å². The highest BCUT2D eigenvalue weighted by molar-refractivity contribution is 7.18. The smallest absolute Gasteiger partial charge is 0.183 e. The van der Waals surface area contributed by atoms with Crippen molar-refractivity contribution in [3.05, 3.63) is 18.1 Å². The van der Waals surface area contributed by atoms with Gasteiger partial charge in [-0.1, -0.05) is 11.3 Å². The maximum absolute atomic E-state index is 4.98. The summed E-state index contributed by atoms with van der Waals surface area (Å²) in [5, 5.41) is 8.46. The van der Waals surface area contributed by atoms with Gasteiger partial charge in [-0.3, -0.25) is 4.68 Å². The number of nitrogens with one attached hydrogen (secondary N) is 1. The number of aryl methyl sites for hydroxylation is 2. The lowest BCUT2D eigenvalue weighted by molar-refractivity contribution is 0.211. The molecule has 2 rings (SSSR count). The predicted octanol–water partition coefficient (Wildman–Crippen LogP) is 1.91. The molecule has 0 radical (unpaired) electrons. The number of hydrogen-bond acceptors (Lipinski definition) is 5. The van der Waals surface area contributed by atoms with Crippen LogP contribution in [0.5, 0.6) is 0 Å². The minimum absolute atomic E-state index is 0.681. The SMILES string of the molecule is COCCNc1ncc(-c2cn(C)nc2C)s1. The van der Waals surface area contributed by atoms with Gasteiger partial charge >= 0.3 is 0 Å². The molecule has 0 bridgehead atoms. The Labute approximate surface area is 104 Å². The number of thiazole rings is 1. The van der Waals surface area contributed by atoms with E-state index in [1.165, 1.54) is 0 Å². The second-order valence-electron chi connectivity index (χ2n) is 3.75. The number of methoxy groups -OCH3 is 1. The number of rotatable bonds is 5. The summed E-state index contributed by atoms with van der Waals surface area (Å²) in [5.74, 6) is 0. The monoisotopic (exact) mass is 252 g/mol. The summed E-state index contributed by atoms with van der Waals surface area (Å²) < 4.78 is 6.80. The van der Waals surface area contributed by atoms with Gasteiger partial charge in [-0.15, -0.1) is 0 Å². The van der Waals surface area contributed by atoms with E-state index in [1.807, 2.05) is 31.0 Å². The molecule has 0 amide bonds. The summed E-state index contributed by atoms with van der Waals surface area (Å²) in [5.41, 5.74) is 2.17. The Morgan fingerprint density at radius 3 is 3.00 bits per heavy atom. The van der Waals surface area contributed by atoms with Crippen molar-refractivity contribution in [2.75, 3.05) is 25.6 Å². The van der Waals surface area contributed by atoms with Gasteiger partial charge < -0.3 is 10.1 Å². The summed E-state index contributed by atoms with van der Waals surface area (Å²) in [6, 6.07) is 0. The molecule has 0 atom stereocenters. The van der Waals surface area contributed by atoms with Crippen molar-refractivity contribution in [1.82, 2.24) is 14.8 Å². The molecule has 2 aromatic heterocycles. The molecule has 5 nitrogen and oxygen atoms in total. The minimum Gasteiger partial charge on any atom is -0.383 e. The lowest BCUT2D eigenvalue weighted by Gasteiger charge is -1.99. The minimum atomic E-state index is 0.681. The molecule has 0 saturated carbocycles. The molecule has 0 unspecified atom stereocenters. The molecule has 0 aromatic carbocycles. The van der Waals surface area contributed by atoms with Gasteiger partial charge in [-0.25, -0.2) is 4.98 Å². The summed E-state index contributed by atoms with van der Waals surface area (Å²) in [4.78, 5) is 5.46. The van der Waals surface area contributed by atoms with Crippen LogP contribution in [0.25, 0.3) is 10.4 Å². The summed E-state index contributed by atoms with van der Waals surface area (Å²) >= 11 is 1.63. The van der Waals surface area contributed by atoms with E-state index in [2.05, 4.69) is 15.4 Å². The van der Waals surface area contributed by atoms with E-state index in [0.29, 0.717) is 6.61 Å². The molecular formula is C11H16N4OS. The van der Waals surface area contributed by atoms with E-state index in [4.69, 9.17) is 4.74 Å². The summed E-state index contributed by atoms with van der Waals surface area (Å²) in [7, 11) is 3.61. The molecule has 0 aliphatic carbocycles. The first-order valence-corrected chi connectivity index (χ1v) is 6.21. The third-order valence-corrected chi connectivity index (χ3v) is 3.36. The van der Waals surface area contributed by atoms with Crippen LogP contribution in [0.15, 0.2) is 12.4 Å². The molecule has 0 fully saturated rings. The molecule has 1 N–H and O–H groups in total. The molecule has 0 spiro atoms. The third-order valence-electron chi connectivity index (χ3n) is 2.37. The highest BCUT2D eigenvalue weighted by atomic mass is 32.1. The molecule has 6 heteroatoms. The van der Waals surface area contributed by atoms with Gasteiger partial charge in [-0.05, 0) is 6.92 Å². The van der Waals surface area contributed by atoms with Crippen LogP contribution < -0.4 is 5.32 Å². The molecule has 0 aliphatic heterocycles. The van der Waals surface area contributed by atoms with Crippen molar-refractivity contribution in [2.45, 2.75) is 6.92 Å². The van der Waals surface area contributed by atoms with Gasteiger partial charge in [0, 0.05) is 38.7 Å².